The maximum absolute atomic E-state index is 10.1. The molecule has 0 aromatic heterocycles. The van der Waals surface area contributed by atoms with Crippen molar-refractivity contribution in [2.45, 2.75) is 84.3 Å². The Bertz CT molecular complexity index is 508. The van der Waals surface area contributed by atoms with Crippen LogP contribution in [0.25, 0.3) is 0 Å². The van der Waals surface area contributed by atoms with Gasteiger partial charge in [-0.25, -0.2) is 0 Å². The third kappa shape index (κ3) is 2.35. The third-order valence-corrected chi connectivity index (χ3v) is 8.61. The molecule has 3 fully saturated rings. The number of aliphatic hydroxyl groups excluding tert-OH is 2. The number of hydrogen-bond acceptors (Lipinski definition) is 2. The van der Waals surface area contributed by atoms with Gasteiger partial charge in [-0.15, -0.1) is 0 Å². The molecular formula is C21H34O2. The minimum absolute atomic E-state index is 0.0446. The number of aliphatic hydroxyl groups is 2. The molecule has 0 saturated heterocycles. The summed E-state index contributed by atoms with van der Waals surface area (Å²) in [5, 5.41) is 20.2. The van der Waals surface area contributed by atoms with Gasteiger partial charge in [0.25, 0.3) is 0 Å². The van der Waals surface area contributed by atoms with Crippen molar-refractivity contribution in [3.05, 3.63) is 11.1 Å². The van der Waals surface area contributed by atoms with Crippen LogP contribution in [0.1, 0.15) is 72.1 Å². The highest BCUT2D eigenvalue weighted by molar-refractivity contribution is 5.25. The zero-order valence-corrected chi connectivity index (χ0v) is 15.1. The van der Waals surface area contributed by atoms with Crippen molar-refractivity contribution in [3.63, 3.8) is 0 Å². The van der Waals surface area contributed by atoms with Crippen LogP contribution in [0.2, 0.25) is 0 Å². The standard InChI is InChI=1S/C21H34O2/c1-12-16(13(2)22)6-7-17-18-5-4-14-10-15(23)8-9-21(14,3)20(18)11-19(12)17/h13-15,17-20,22-23H,4-11H2,1-3H3/t13-,14+,15+,17+,18-,19-,20-,21+/m1/s1. The Hall–Kier alpha value is -0.340. The molecule has 4 aliphatic carbocycles. The van der Waals surface area contributed by atoms with Crippen LogP contribution >= 0.6 is 0 Å². The lowest BCUT2D eigenvalue weighted by Gasteiger charge is -2.53. The summed E-state index contributed by atoms with van der Waals surface area (Å²) in [5.41, 5.74) is 3.33. The Morgan fingerprint density at radius 2 is 1.87 bits per heavy atom. The Kier molecular flexibility index (Phi) is 3.93. The summed E-state index contributed by atoms with van der Waals surface area (Å²) in [5.74, 6) is 4.10. The molecule has 0 bridgehead atoms. The first-order valence-electron chi connectivity index (χ1n) is 9.97. The second-order valence-electron chi connectivity index (χ2n) is 9.41. The molecule has 3 saturated carbocycles. The zero-order chi connectivity index (χ0) is 16.4. The van der Waals surface area contributed by atoms with E-state index in [2.05, 4.69) is 13.8 Å². The second-order valence-corrected chi connectivity index (χ2v) is 9.41. The van der Waals surface area contributed by atoms with Gasteiger partial charge in [0.15, 0.2) is 0 Å². The van der Waals surface area contributed by atoms with E-state index >= 15 is 0 Å². The molecule has 130 valence electrons. The van der Waals surface area contributed by atoms with E-state index in [-0.39, 0.29) is 12.2 Å². The molecule has 23 heavy (non-hydrogen) atoms. The lowest BCUT2D eigenvalue weighted by atomic mass is 9.52. The maximum Gasteiger partial charge on any atom is 0.0724 e. The van der Waals surface area contributed by atoms with Gasteiger partial charge in [-0.2, -0.15) is 0 Å². The van der Waals surface area contributed by atoms with Gasteiger partial charge in [0, 0.05) is 0 Å². The molecule has 0 amide bonds. The van der Waals surface area contributed by atoms with Gasteiger partial charge >= 0.3 is 0 Å². The van der Waals surface area contributed by atoms with Gasteiger partial charge in [-0.3, -0.25) is 0 Å². The van der Waals surface area contributed by atoms with E-state index in [9.17, 15) is 10.2 Å². The monoisotopic (exact) mass is 318 g/mol. The molecule has 0 spiro atoms. The highest BCUT2D eigenvalue weighted by Crippen LogP contribution is 2.65. The molecule has 4 rings (SSSR count). The van der Waals surface area contributed by atoms with E-state index in [1.165, 1.54) is 43.3 Å². The van der Waals surface area contributed by atoms with Gasteiger partial charge in [0.1, 0.15) is 0 Å². The van der Waals surface area contributed by atoms with Crippen molar-refractivity contribution < 1.29 is 10.2 Å². The summed E-state index contributed by atoms with van der Waals surface area (Å²) in [7, 11) is 0. The van der Waals surface area contributed by atoms with Crippen LogP contribution in [0, 0.1) is 35.0 Å². The molecule has 2 heteroatoms. The molecule has 0 aromatic carbocycles. The quantitative estimate of drug-likeness (QED) is 0.707. The minimum Gasteiger partial charge on any atom is -0.393 e. The Balaban J connectivity index is 1.63. The van der Waals surface area contributed by atoms with Crippen LogP contribution in [0.4, 0.5) is 0 Å². The molecule has 0 unspecified atom stereocenters. The maximum atomic E-state index is 10.1. The Morgan fingerprint density at radius 3 is 2.61 bits per heavy atom. The van der Waals surface area contributed by atoms with Crippen molar-refractivity contribution in [1.29, 1.82) is 0 Å². The average Bonchev–Trinajstić information content (AvgIpc) is 2.89. The molecule has 2 N–H and O–H groups in total. The highest BCUT2D eigenvalue weighted by Gasteiger charge is 2.57. The topological polar surface area (TPSA) is 40.5 Å². The fourth-order valence-electron chi connectivity index (χ4n) is 7.33. The molecule has 8 atom stereocenters. The second kappa shape index (κ2) is 5.59. The number of fused-ring (bicyclic) bond motifs is 5. The number of hydrogen-bond donors (Lipinski definition) is 2. The van der Waals surface area contributed by atoms with Crippen LogP contribution in [0.15, 0.2) is 11.1 Å². The van der Waals surface area contributed by atoms with Gasteiger partial charge in [0.05, 0.1) is 12.2 Å². The Labute approximate surface area is 141 Å². The first-order valence-corrected chi connectivity index (χ1v) is 9.97. The smallest absolute Gasteiger partial charge is 0.0724 e. The molecule has 2 nitrogen and oxygen atoms in total. The number of rotatable bonds is 1. The van der Waals surface area contributed by atoms with E-state index in [1.807, 2.05) is 6.92 Å². The SMILES string of the molecule is CC1=C([C@@H](C)O)CC[C@H]2[C@H]3CC[C@H]4C[C@@H](O)CC[C@]4(C)[C@@H]3C[C@H]12. The highest BCUT2D eigenvalue weighted by atomic mass is 16.3. The summed E-state index contributed by atoms with van der Waals surface area (Å²) >= 11 is 0. The van der Waals surface area contributed by atoms with E-state index in [4.69, 9.17) is 0 Å². The fraction of sp³-hybridized carbons (Fsp3) is 0.905. The van der Waals surface area contributed by atoms with Crippen LogP contribution in [-0.2, 0) is 0 Å². The predicted molar refractivity (Wildman–Crippen MR) is 92.9 cm³/mol. The first kappa shape index (κ1) is 16.1. The van der Waals surface area contributed by atoms with Gasteiger partial charge < -0.3 is 10.2 Å². The van der Waals surface area contributed by atoms with Crippen LogP contribution in [0.5, 0.6) is 0 Å². The van der Waals surface area contributed by atoms with Crippen LogP contribution < -0.4 is 0 Å². The normalized spacial score (nSPS) is 51.0. The van der Waals surface area contributed by atoms with Crippen molar-refractivity contribution >= 4 is 0 Å². The lowest BCUT2D eigenvalue weighted by Crippen LogP contribution is -2.47. The van der Waals surface area contributed by atoms with E-state index in [1.54, 1.807) is 0 Å². The summed E-state index contributed by atoms with van der Waals surface area (Å²) in [6.07, 6.45) is 9.47. The first-order chi connectivity index (χ1) is 10.9. The minimum atomic E-state index is -0.258. The molecule has 0 radical (unpaired) electrons. The van der Waals surface area contributed by atoms with Gasteiger partial charge in [-0.1, -0.05) is 12.5 Å². The van der Waals surface area contributed by atoms with E-state index < -0.39 is 0 Å². The molecule has 0 aliphatic heterocycles. The summed E-state index contributed by atoms with van der Waals surface area (Å²) < 4.78 is 0. The summed E-state index contributed by atoms with van der Waals surface area (Å²) in [6, 6.07) is 0. The van der Waals surface area contributed by atoms with Crippen LogP contribution in [-0.4, -0.2) is 22.4 Å². The van der Waals surface area contributed by atoms with E-state index in [0.717, 1.165) is 48.9 Å². The third-order valence-electron chi connectivity index (χ3n) is 8.61. The predicted octanol–water partition coefficient (Wildman–Crippen LogP) is 4.31. The van der Waals surface area contributed by atoms with Crippen molar-refractivity contribution in [3.8, 4) is 0 Å². The van der Waals surface area contributed by atoms with Gasteiger partial charge in [-0.05, 0) is 106 Å². The molecular weight excluding hydrogens is 284 g/mol. The van der Waals surface area contributed by atoms with Crippen molar-refractivity contribution in [1.82, 2.24) is 0 Å². The number of allylic oxidation sites excluding steroid dienone is 1. The largest absolute Gasteiger partial charge is 0.393 e. The summed E-state index contributed by atoms with van der Waals surface area (Å²) in [4.78, 5) is 0. The molecule has 4 aliphatic rings. The lowest BCUT2D eigenvalue weighted by molar-refractivity contribution is -0.0671. The average molecular weight is 319 g/mol. The zero-order valence-electron chi connectivity index (χ0n) is 15.1. The molecule has 0 aromatic rings. The molecule has 0 heterocycles. The fourth-order valence-corrected chi connectivity index (χ4v) is 7.33. The van der Waals surface area contributed by atoms with E-state index in [0.29, 0.717) is 5.41 Å². The Morgan fingerprint density at radius 1 is 1.09 bits per heavy atom. The van der Waals surface area contributed by atoms with Crippen molar-refractivity contribution in [2.24, 2.45) is 35.0 Å². The van der Waals surface area contributed by atoms with Gasteiger partial charge in [0.2, 0.25) is 0 Å². The van der Waals surface area contributed by atoms with Crippen molar-refractivity contribution in [2.75, 3.05) is 0 Å². The van der Waals surface area contributed by atoms with Crippen LogP contribution in [0.3, 0.4) is 0 Å². The summed E-state index contributed by atoms with van der Waals surface area (Å²) in [6.45, 7) is 6.80.